The van der Waals surface area contributed by atoms with Gasteiger partial charge in [-0.15, -0.1) is 0 Å². The summed E-state index contributed by atoms with van der Waals surface area (Å²) >= 11 is 0. The number of rotatable bonds is 3. The van der Waals surface area contributed by atoms with Crippen LogP contribution in [-0.4, -0.2) is 11.7 Å². The second kappa shape index (κ2) is 3.15. The molecule has 0 saturated carbocycles. The van der Waals surface area contributed by atoms with Crippen molar-refractivity contribution in [1.82, 2.24) is 0 Å². The Bertz CT molecular complexity index is 80.4. The molecule has 0 heterocycles. The Morgan fingerprint density at radius 1 is 1.33 bits per heavy atom. The second-order valence-electron chi connectivity index (χ2n) is 2.48. The van der Waals surface area contributed by atoms with Crippen molar-refractivity contribution in [3.05, 3.63) is 0 Å². The molecule has 0 aromatic carbocycles. The van der Waals surface area contributed by atoms with Crippen LogP contribution in [0.25, 0.3) is 0 Å². The molecule has 0 fully saturated rings. The highest BCUT2D eigenvalue weighted by Gasteiger charge is 2.23. The average molecular weight is 131 g/mol. The molecule has 1 unspecified atom stereocenters. The molecule has 0 aliphatic carbocycles. The predicted octanol–water partition coefficient (Wildman–Crippen LogP) is -0.253. The van der Waals surface area contributed by atoms with Crippen LogP contribution in [-0.2, 0) is 0 Å². The molecule has 9 heavy (non-hydrogen) atoms. The lowest BCUT2D eigenvalue weighted by molar-refractivity contribution is 0.336. The van der Waals surface area contributed by atoms with Gasteiger partial charge in [-0.2, -0.15) is 0 Å². The van der Waals surface area contributed by atoms with E-state index >= 15 is 0 Å². The molecule has 0 spiro atoms. The third-order valence-electron chi connectivity index (χ3n) is 1.74. The SMILES string of the molecule is CCC(N)C(N)(N)CC. The maximum Gasteiger partial charge on any atom is 0.0789 e. The van der Waals surface area contributed by atoms with Gasteiger partial charge in [0.15, 0.2) is 0 Å². The van der Waals surface area contributed by atoms with Gasteiger partial charge in [0.05, 0.1) is 5.66 Å². The van der Waals surface area contributed by atoms with Gasteiger partial charge in [-0.3, -0.25) is 0 Å². The number of hydrogen-bond acceptors (Lipinski definition) is 3. The smallest absolute Gasteiger partial charge is 0.0789 e. The lowest BCUT2D eigenvalue weighted by Crippen LogP contribution is -2.61. The molecule has 0 rings (SSSR count). The van der Waals surface area contributed by atoms with Gasteiger partial charge in [-0.25, -0.2) is 0 Å². The van der Waals surface area contributed by atoms with Crippen LogP contribution in [0.1, 0.15) is 26.7 Å². The first kappa shape index (κ1) is 8.88. The van der Waals surface area contributed by atoms with Crippen LogP contribution < -0.4 is 17.2 Å². The zero-order valence-corrected chi connectivity index (χ0v) is 6.22. The fourth-order valence-corrected chi connectivity index (χ4v) is 0.642. The minimum Gasteiger partial charge on any atom is -0.325 e. The van der Waals surface area contributed by atoms with E-state index in [0.717, 1.165) is 12.8 Å². The van der Waals surface area contributed by atoms with E-state index in [9.17, 15) is 0 Å². The largest absolute Gasteiger partial charge is 0.325 e. The molecule has 0 aliphatic heterocycles. The van der Waals surface area contributed by atoms with Crippen LogP contribution >= 0.6 is 0 Å². The topological polar surface area (TPSA) is 78.1 Å². The fourth-order valence-electron chi connectivity index (χ4n) is 0.642. The van der Waals surface area contributed by atoms with Gasteiger partial charge in [0.1, 0.15) is 0 Å². The summed E-state index contributed by atoms with van der Waals surface area (Å²) in [4.78, 5) is 0. The van der Waals surface area contributed by atoms with Crippen LogP contribution in [0.4, 0.5) is 0 Å². The first-order chi connectivity index (χ1) is 4.04. The van der Waals surface area contributed by atoms with Crippen molar-refractivity contribution in [1.29, 1.82) is 0 Å². The minimum atomic E-state index is -0.672. The van der Waals surface area contributed by atoms with E-state index in [4.69, 9.17) is 17.2 Å². The highest BCUT2D eigenvalue weighted by atomic mass is 15.0. The van der Waals surface area contributed by atoms with Crippen molar-refractivity contribution < 1.29 is 0 Å². The van der Waals surface area contributed by atoms with E-state index in [0.29, 0.717) is 0 Å². The fraction of sp³-hybridized carbons (Fsp3) is 1.00. The van der Waals surface area contributed by atoms with Gasteiger partial charge in [-0.05, 0) is 12.8 Å². The molecule has 0 aromatic heterocycles. The molecule has 0 saturated heterocycles. The third-order valence-corrected chi connectivity index (χ3v) is 1.74. The summed E-state index contributed by atoms with van der Waals surface area (Å²) in [5, 5.41) is 0. The van der Waals surface area contributed by atoms with E-state index in [-0.39, 0.29) is 6.04 Å². The maximum absolute atomic E-state index is 5.62. The van der Waals surface area contributed by atoms with Gasteiger partial charge >= 0.3 is 0 Å². The molecule has 0 aromatic rings. The van der Waals surface area contributed by atoms with Crippen molar-refractivity contribution in [3.8, 4) is 0 Å². The number of hydrogen-bond donors (Lipinski definition) is 3. The molecule has 6 N–H and O–H groups in total. The summed E-state index contributed by atoms with van der Waals surface area (Å²) < 4.78 is 0. The molecule has 3 heteroatoms. The van der Waals surface area contributed by atoms with Crippen LogP contribution in [0, 0.1) is 0 Å². The quantitative estimate of drug-likeness (QED) is 0.462. The first-order valence-corrected chi connectivity index (χ1v) is 3.38. The Kier molecular flexibility index (Phi) is 3.11. The first-order valence-electron chi connectivity index (χ1n) is 3.38. The van der Waals surface area contributed by atoms with E-state index in [2.05, 4.69) is 0 Å². The molecule has 0 bridgehead atoms. The van der Waals surface area contributed by atoms with Gasteiger partial charge in [0, 0.05) is 6.04 Å². The summed E-state index contributed by atoms with van der Waals surface area (Å²) in [6.07, 6.45) is 1.56. The normalized spacial score (nSPS) is 15.7. The zero-order chi connectivity index (χ0) is 7.49. The van der Waals surface area contributed by atoms with E-state index < -0.39 is 5.66 Å². The van der Waals surface area contributed by atoms with Crippen molar-refractivity contribution in [2.75, 3.05) is 0 Å². The monoisotopic (exact) mass is 131 g/mol. The van der Waals surface area contributed by atoms with Crippen LogP contribution in [0.3, 0.4) is 0 Å². The standard InChI is InChI=1S/C6H17N3/c1-3-5(7)6(8,9)4-2/h5H,3-4,7-9H2,1-2H3. The average Bonchev–Trinajstić information content (AvgIpc) is 1.86. The van der Waals surface area contributed by atoms with Crippen molar-refractivity contribution >= 4 is 0 Å². The molecule has 1 atom stereocenters. The van der Waals surface area contributed by atoms with E-state index in [1.165, 1.54) is 0 Å². The Morgan fingerprint density at radius 3 is 1.89 bits per heavy atom. The molecular formula is C6H17N3. The number of nitrogens with two attached hydrogens (primary N) is 3. The van der Waals surface area contributed by atoms with Crippen LogP contribution in [0.15, 0.2) is 0 Å². The van der Waals surface area contributed by atoms with Crippen molar-refractivity contribution in [3.63, 3.8) is 0 Å². The summed E-state index contributed by atoms with van der Waals surface area (Å²) in [6, 6.07) is -0.0810. The highest BCUT2D eigenvalue weighted by Crippen LogP contribution is 2.04. The molecular weight excluding hydrogens is 114 g/mol. The molecule has 0 aliphatic rings. The van der Waals surface area contributed by atoms with Crippen LogP contribution in [0.2, 0.25) is 0 Å². The lowest BCUT2D eigenvalue weighted by atomic mass is 9.98. The molecule has 3 nitrogen and oxygen atoms in total. The van der Waals surface area contributed by atoms with Gasteiger partial charge in [-0.1, -0.05) is 13.8 Å². The summed E-state index contributed by atoms with van der Waals surface area (Å²) in [5.41, 5.74) is 16.2. The summed E-state index contributed by atoms with van der Waals surface area (Å²) in [7, 11) is 0. The minimum absolute atomic E-state index is 0.0810. The van der Waals surface area contributed by atoms with Gasteiger partial charge < -0.3 is 17.2 Å². The van der Waals surface area contributed by atoms with Gasteiger partial charge in [0.2, 0.25) is 0 Å². The van der Waals surface area contributed by atoms with E-state index in [1.54, 1.807) is 0 Å². The molecule has 56 valence electrons. The molecule has 0 radical (unpaired) electrons. The van der Waals surface area contributed by atoms with Crippen LogP contribution in [0.5, 0.6) is 0 Å². The third kappa shape index (κ3) is 2.30. The van der Waals surface area contributed by atoms with Crippen molar-refractivity contribution in [2.45, 2.75) is 38.4 Å². The Morgan fingerprint density at radius 2 is 1.78 bits per heavy atom. The Hall–Kier alpha value is -0.120. The highest BCUT2D eigenvalue weighted by molar-refractivity contribution is 4.85. The second-order valence-corrected chi connectivity index (χ2v) is 2.48. The zero-order valence-electron chi connectivity index (χ0n) is 6.22. The molecule has 0 amide bonds. The van der Waals surface area contributed by atoms with Gasteiger partial charge in [0.25, 0.3) is 0 Å². The Balaban J connectivity index is 3.80. The predicted molar refractivity (Wildman–Crippen MR) is 39.7 cm³/mol. The van der Waals surface area contributed by atoms with Crippen molar-refractivity contribution in [2.24, 2.45) is 17.2 Å². The summed E-state index contributed by atoms with van der Waals surface area (Å²) in [6.45, 7) is 3.92. The summed E-state index contributed by atoms with van der Waals surface area (Å²) in [5.74, 6) is 0. The Labute approximate surface area is 56.6 Å². The maximum atomic E-state index is 5.62. The van der Waals surface area contributed by atoms with E-state index in [1.807, 2.05) is 13.8 Å². The lowest BCUT2D eigenvalue weighted by Gasteiger charge is -2.28.